The average Bonchev–Trinajstić information content (AvgIpc) is 2.18. The minimum absolute atomic E-state index is 0.367. The first-order valence-corrected chi connectivity index (χ1v) is 5.35. The second kappa shape index (κ2) is 3.52. The molecule has 0 amide bonds. The van der Waals surface area contributed by atoms with E-state index in [9.17, 15) is 8.76 Å². The summed E-state index contributed by atoms with van der Waals surface area (Å²) in [6.07, 6.45) is 0. The number of hydrogen-bond donors (Lipinski definition) is 0. The van der Waals surface area contributed by atoms with E-state index in [1.54, 1.807) is 6.07 Å². The van der Waals surface area contributed by atoms with Crippen molar-refractivity contribution < 1.29 is 8.76 Å². The van der Waals surface area contributed by atoms with Crippen molar-refractivity contribution in [2.45, 2.75) is 11.8 Å². The SMILES string of the molecule is Cc1ccc(S(=O)[O-])c2ccccc12. The molecule has 0 aliphatic carbocycles. The van der Waals surface area contributed by atoms with Gasteiger partial charge in [0.2, 0.25) is 0 Å². The lowest BCUT2D eigenvalue weighted by Gasteiger charge is -2.10. The molecule has 0 heterocycles. The molecule has 0 radical (unpaired) electrons. The molecule has 0 bridgehead atoms. The summed E-state index contributed by atoms with van der Waals surface area (Å²) in [5, 5.41) is 1.79. The molecule has 0 saturated heterocycles. The van der Waals surface area contributed by atoms with Crippen molar-refractivity contribution in [2.75, 3.05) is 0 Å². The van der Waals surface area contributed by atoms with Gasteiger partial charge < -0.3 is 4.55 Å². The molecule has 0 saturated carbocycles. The number of hydrogen-bond acceptors (Lipinski definition) is 2. The van der Waals surface area contributed by atoms with Gasteiger partial charge in [-0.25, -0.2) is 0 Å². The fourth-order valence-corrected chi connectivity index (χ4v) is 2.10. The lowest BCUT2D eigenvalue weighted by atomic mass is 10.1. The summed E-state index contributed by atoms with van der Waals surface area (Å²) >= 11 is -2.16. The first kappa shape index (κ1) is 9.37. The Labute approximate surface area is 84.9 Å². The van der Waals surface area contributed by atoms with E-state index in [0.717, 1.165) is 16.3 Å². The largest absolute Gasteiger partial charge is 0.768 e. The maximum atomic E-state index is 10.9. The van der Waals surface area contributed by atoms with Gasteiger partial charge in [-0.2, -0.15) is 0 Å². The maximum Gasteiger partial charge on any atom is 0.0327 e. The van der Waals surface area contributed by atoms with E-state index in [0.29, 0.717) is 4.90 Å². The van der Waals surface area contributed by atoms with Crippen LogP contribution in [0.15, 0.2) is 41.3 Å². The first-order valence-electron chi connectivity index (χ1n) is 4.28. The fourth-order valence-electron chi connectivity index (χ4n) is 1.57. The van der Waals surface area contributed by atoms with Gasteiger partial charge in [-0.3, -0.25) is 4.21 Å². The third kappa shape index (κ3) is 1.45. The van der Waals surface area contributed by atoms with Gasteiger partial charge in [0.1, 0.15) is 0 Å². The van der Waals surface area contributed by atoms with Crippen LogP contribution >= 0.6 is 0 Å². The average molecular weight is 205 g/mol. The predicted molar refractivity (Wildman–Crippen MR) is 55.9 cm³/mol. The van der Waals surface area contributed by atoms with Crippen molar-refractivity contribution in [1.82, 2.24) is 0 Å². The Kier molecular flexibility index (Phi) is 2.35. The molecule has 2 aromatic carbocycles. The van der Waals surface area contributed by atoms with Gasteiger partial charge in [-0.1, -0.05) is 30.3 Å². The molecule has 1 unspecified atom stereocenters. The number of benzene rings is 2. The van der Waals surface area contributed by atoms with Crippen LogP contribution in [0.5, 0.6) is 0 Å². The van der Waals surface area contributed by atoms with E-state index in [4.69, 9.17) is 0 Å². The standard InChI is InChI=1S/C11H10O2S/c1-8-6-7-11(14(12)13)10-5-3-2-4-9(8)10/h2-7H,1H3,(H,12,13)/p-1. The maximum absolute atomic E-state index is 10.9. The summed E-state index contributed by atoms with van der Waals surface area (Å²) in [5.74, 6) is 0. The number of fused-ring (bicyclic) bond motifs is 1. The molecule has 72 valence electrons. The quantitative estimate of drug-likeness (QED) is 0.670. The molecule has 0 spiro atoms. The summed E-state index contributed by atoms with van der Waals surface area (Å²) in [6.45, 7) is 1.97. The summed E-state index contributed by atoms with van der Waals surface area (Å²) in [6, 6.07) is 11.0. The number of rotatable bonds is 1. The Balaban J connectivity index is 2.88. The van der Waals surface area contributed by atoms with Crippen LogP contribution < -0.4 is 0 Å². The zero-order valence-electron chi connectivity index (χ0n) is 7.69. The fraction of sp³-hybridized carbons (Fsp3) is 0.0909. The molecule has 0 fully saturated rings. The third-order valence-corrected chi connectivity index (χ3v) is 3.00. The first-order chi connectivity index (χ1) is 6.70. The van der Waals surface area contributed by atoms with Gasteiger partial charge in [0, 0.05) is 4.90 Å². The molecular formula is C11H9O2S-. The monoisotopic (exact) mass is 205 g/mol. The molecule has 3 heteroatoms. The smallest absolute Gasteiger partial charge is 0.0327 e. The molecule has 2 nitrogen and oxygen atoms in total. The van der Waals surface area contributed by atoms with Crippen molar-refractivity contribution in [1.29, 1.82) is 0 Å². The highest BCUT2D eigenvalue weighted by Crippen LogP contribution is 2.23. The van der Waals surface area contributed by atoms with E-state index < -0.39 is 11.1 Å². The van der Waals surface area contributed by atoms with Crippen LogP contribution in [-0.2, 0) is 11.1 Å². The zero-order valence-corrected chi connectivity index (χ0v) is 8.51. The predicted octanol–water partition coefficient (Wildman–Crippen LogP) is 2.39. The Hall–Kier alpha value is -1.19. The van der Waals surface area contributed by atoms with Gasteiger partial charge in [0.15, 0.2) is 0 Å². The van der Waals surface area contributed by atoms with Crippen LogP contribution in [0.4, 0.5) is 0 Å². The second-order valence-corrected chi connectivity index (χ2v) is 4.07. The molecule has 0 aliphatic heterocycles. The lowest BCUT2D eigenvalue weighted by Crippen LogP contribution is -1.91. The summed E-state index contributed by atoms with van der Waals surface area (Å²) < 4.78 is 21.9. The topological polar surface area (TPSA) is 40.1 Å². The van der Waals surface area contributed by atoms with Gasteiger partial charge in [-0.05, 0) is 40.4 Å². The molecule has 2 aromatic rings. The van der Waals surface area contributed by atoms with Crippen LogP contribution in [0.2, 0.25) is 0 Å². The molecule has 14 heavy (non-hydrogen) atoms. The highest BCUT2D eigenvalue weighted by Gasteiger charge is 2.02. The Bertz CT molecular complexity index is 506. The van der Waals surface area contributed by atoms with Gasteiger partial charge >= 0.3 is 0 Å². The van der Waals surface area contributed by atoms with Crippen molar-refractivity contribution in [2.24, 2.45) is 0 Å². The molecule has 0 aromatic heterocycles. The van der Waals surface area contributed by atoms with Crippen molar-refractivity contribution >= 4 is 21.9 Å². The molecule has 2 rings (SSSR count). The normalized spacial score (nSPS) is 13.0. The van der Waals surface area contributed by atoms with Gasteiger partial charge in [0.25, 0.3) is 0 Å². The summed E-state index contributed by atoms with van der Waals surface area (Å²) in [7, 11) is 0. The second-order valence-electron chi connectivity index (χ2n) is 3.16. The van der Waals surface area contributed by atoms with Crippen molar-refractivity contribution in [3.8, 4) is 0 Å². The molecule has 1 atom stereocenters. The van der Waals surface area contributed by atoms with Crippen LogP contribution in [0, 0.1) is 6.92 Å². The Morgan fingerprint density at radius 3 is 2.36 bits per heavy atom. The van der Waals surface area contributed by atoms with E-state index in [1.807, 2.05) is 37.3 Å². The van der Waals surface area contributed by atoms with E-state index >= 15 is 0 Å². The minimum Gasteiger partial charge on any atom is -0.768 e. The minimum atomic E-state index is -2.16. The highest BCUT2D eigenvalue weighted by molar-refractivity contribution is 7.79. The summed E-state index contributed by atoms with van der Waals surface area (Å²) in [5.41, 5.74) is 1.09. The van der Waals surface area contributed by atoms with Crippen LogP contribution in [0.25, 0.3) is 10.8 Å². The molecular weight excluding hydrogens is 196 g/mol. The molecule has 0 N–H and O–H groups in total. The third-order valence-electron chi connectivity index (χ3n) is 2.28. The van der Waals surface area contributed by atoms with Crippen molar-refractivity contribution in [3.05, 3.63) is 42.0 Å². The number of aryl methyl sites for hydroxylation is 1. The van der Waals surface area contributed by atoms with Crippen LogP contribution in [0.1, 0.15) is 5.56 Å². The Morgan fingerprint density at radius 2 is 1.71 bits per heavy atom. The van der Waals surface area contributed by atoms with Crippen LogP contribution in [0.3, 0.4) is 0 Å². The van der Waals surface area contributed by atoms with Crippen LogP contribution in [-0.4, -0.2) is 8.76 Å². The van der Waals surface area contributed by atoms with Gasteiger partial charge in [-0.15, -0.1) is 0 Å². The van der Waals surface area contributed by atoms with E-state index in [2.05, 4.69) is 0 Å². The van der Waals surface area contributed by atoms with E-state index in [-0.39, 0.29) is 0 Å². The van der Waals surface area contributed by atoms with Crippen molar-refractivity contribution in [3.63, 3.8) is 0 Å². The zero-order chi connectivity index (χ0) is 10.1. The Morgan fingerprint density at radius 1 is 1.07 bits per heavy atom. The molecule has 0 aliphatic rings. The van der Waals surface area contributed by atoms with Gasteiger partial charge in [0.05, 0.1) is 0 Å². The highest BCUT2D eigenvalue weighted by atomic mass is 32.2. The lowest BCUT2D eigenvalue weighted by molar-refractivity contribution is 0.538. The van der Waals surface area contributed by atoms with E-state index in [1.165, 1.54) is 0 Å². The summed E-state index contributed by atoms with van der Waals surface area (Å²) in [4.78, 5) is 0.367.